The first kappa shape index (κ1) is 29.5. The highest BCUT2D eigenvalue weighted by Crippen LogP contribution is 2.59. The standard InChI is InChI=1S/C23H24BF10P/c1-22(2,3)35(23(4,5)6)9-7-8-24(10-12(25)16(29)20(33)17(30)13(10)26)11-14(27)18(31)21(34)19(32)15(11)28/h7-9H2,1-6H3. The molecular formula is C23H24BF10P. The molecule has 0 unspecified atom stereocenters. The fourth-order valence-corrected chi connectivity index (χ4v) is 8.27. The SMILES string of the molecule is CC(C)(C)P(CCCB(c1c(F)c(F)c(F)c(F)c1F)c1c(F)c(F)c(F)c(F)c1F)C(C)(C)C. The Labute approximate surface area is 198 Å². The van der Waals surface area contributed by atoms with Crippen molar-refractivity contribution in [2.24, 2.45) is 0 Å². The van der Waals surface area contributed by atoms with Gasteiger partial charge in [-0.15, -0.1) is 0 Å². The summed E-state index contributed by atoms with van der Waals surface area (Å²) in [6, 6.07) is 0. The Morgan fingerprint density at radius 1 is 0.486 bits per heavy atom. The molecule has 194 valence electrons. The molecule has 0 radical (unpaired) electrons. The number of hydrogen-bond donors (Lipinski definition) is 0. The predicted molar refractivity (Wildman–Crippen MR) is 118 cm³/mol. The zero-order valence-corrected chi connectivity index (χ0v) is 20.8. The van der Waals surface area contributed by atoms with Crippen LogP contribution in [0.1, 0.15) is 48.0 Å². The largest absolute Gasteiger partial charge is 0.225 e. The van der Waals surface area contributed by atoms with Crippen molar-refractivity contribution >= 4 is 25.6 Å². The lowest BCUT2D eigenvalue weighted by molar-refractivity contribution is 0.382. The highest BCUT2D eigenvalue weighted by atomic mass is 31.1. The molecule has 0 atom stereocenters. The van der Waals surface area contributed by atoms with Gasteiger partial charge in [0, 0.05) is 10.9 Å². The molecule has 2 aromatic rings. The first-order valence-electron chi connectivity index (χ1n) is 10.6. The van der Waals surface area contributed by atoms with E-state index in [2.05, 4.69) is 0 Å². The topological polar surface area (TPSA) is 0 Å². The van der Waals surface area contributed by atoms with Gasteiger partial charge in [0.1, 0.15) is 0 Å². The van der Waals surface area contributed by atoms with Gasteiger partial charge in [0.25, 0.3) is 0 Å². The van der Waals surface area contributed by atoms with Gasteiger partial charge in [0.15, 0.2) is 58.2 Å². The second kappa shape index (κ2) is 10.3. The monoisotopic (exact) mass is 532 g/mol. The summed E-state index contributed by atoms with van der Waals surface area (Å²) in [6.07, 6.45) is -0.352. The maximum absolute atomic E-state index is 14.6. The molecule has 0 bridgehead atoms. The van der Waals surface area contributed by atoms with Gasteiger partial charge in [-0.25, -0.2) is 43.9 Å². The fourth-order valence-electron chi connectivity index (χ4n) is 4.42. The van der Waals surface area contributed by atoms with E-state index in [0.29, 0.717) is 6.16 Å². The van der Waals surface area contributed by atoms with Crippen LogP contribution in [0.25, 0.3) is 0 Å². The van der Waals surface area contributed by atoms with Crippen LogP contribution < -0.4 is 10.9 Å². The van der Waals surface area contributed by atoms with E-state index in [0.717, 1.165) is 0 Å². The lowest BCUT2D eigenvalue weighted by Crippen LogP contribution is -2.50. The molecular weight excluding hydrogens is 508 g/mol. The zero-order valence-electron chi connectivity index (χ0n) is 19.9. The number of halogens is 10. The molecule has 0 fully saturated rings. The third-order valence-electron chi connectivity index (χ3n) is 5.68. The van der Waals surface area contributed by atoms with E-state index in [4.69, 9.17) is 0 Å². The molecule has 0 aromatic heterocycles. The Bertz CT molecular complexity index is 980. The minimum Gasteiger partial charge on any atom is -0.204 e. The average Bonchev–Trinajstić information content (AvgIpc) is 2.74. The van der Waals surface area contributed by atoms with Crippen LogP contribution in [-0.2, 0) is 0 Å². The van der Waals surface area contributed by atoms with Crippen molar-refractivity contribution in [3.8, 4) is 0 Å². The van der Waals surface area contributed by atoms with Gasteiger partial charge in [0.2, 0.25) is 6.71 Å². The summed E-state index contributed by atoms with van der Waals surface area (Å²) in [5, 5.41) is -0.503. The molecule has 0 spiro atoms. The fraction of sp³-hybridized carbons (Fsp3) is 0.478. The van der Waals surface area contributed by atoms with Crippen LogP contribution in [0.3, 0.4) is 0 Å². The first-order chi connectivity index (χ1) is 15.8. The Balaban J connectivity index is 2.73. The quantitative estimate of drug-likeness (QED) is 0.122. The molecule has 0 heterocycles. The molecule has 2 aromatic carbocycles. The normalized spacial score (nSPS) is 12.6. The molecule has 12 heteroatoms. The van der Waals surface area contributed by atoms with Gasteiger partial charge in [-0.1, -0.05) is 62.2 Å². The van der Waals surface area contributed by atoms with Crippen LogP contribution in [0.5, 0.6) is 0 Å². The maximum atomic E-state index is 14.6. The summed E-state index contributed by atoms with van der Waals surface area (Å²) in [7, 11) is -0.868. The van der Waals surface area contributed by atoms with Crippen molar-refractivity contribution in [3.63, 3.8) is 0 Å². The second-order valence-corrected chi connectivity index (χ2v) is 14.1. The van der Waals surface area contributed by atoms with Crippen molar-refractivity contribution < 1.29 is 43.9 Å². The van der Waals surface area contributed by atoms with Gasteiger partial charge in [0.05, 0.1) is 0 Å². The summed E-state index contributed by atoms with van der Waals surface area (Å²) in [5.41, 5.74) is -3.30. The minimum absolute atomic E-state index is 0.0517. The van der Waals surface area contributed by atoms with Gasteiger partial charge in [-0.05, 0) is 16.5 Å². The highest BCUT2D eigenvalue weighted by Gasteiger charge is 2.40. The second-order valence-electron chi connectivity index (χ2n) is 10.2. The molecule has 0 N–H and O–H groups in total. The first-order valence-corrected chi connectivity index (χ1v) is 12.2. The molecule has 0 nitrogen and oxygen atoms in total. The van der Waals surface area contributed by atoms with Crippen LogP contribution >= 0.6 is 7.92 Å². The molecule has 0 aliphatic rings. The third-order valence-corrected chi connectivity index (χ3v) is 9.68. The molecule has 0 saturated heterocycles. The highest BCUT2D eigenvalue weighted by molar-refractivity contribution is 7.60. The minimum atomic E-state index is -2.51. The average molecular weight is 532 g/mol. The summed E-state index contributed by atoms with van der Waals surface area (Å²) in [5.74, 6) is -24.2. The van der Waals surface area contributed by atoms with Gasteiger partial charge in [-0.2, -0.15) is 0 Å². The number of benzene rings is 2. The molecule has 0 saturated carbocycles. The van der Waals surface area contributed by atoms with E-state index in [-0.39, 0.29) is 16.7 Å². The third kappa shape index (κ3) is 5.65. The lowest BCUT2D eigenvalue weighted by Gasteiger charge is -2.42. The Morgan fingerprint density at radius 2 is 0.743 bits per heavy atom. The van der Waals surface area contributed by atoms with Crippen LogP contribution in [-0.4, -0.2) is 23.2 Å². The molecule has 0 aliphatic heterocycles. The molecule has 0 amide bonds. The lowest BCUT2D eigenvalue weighted by atomic mass is 9.37. The zero-order chi connectivity index (χ0) is 27.2. The Morgan fingerprint density at radius 3 is 1.00 bits per heavy atom. The summed E-state index contributed by atoms with van der Waals surface area (Å²) < 4.78 is 141. The van der Waals surface area contributed by atoms with E-state index in [1.165, 1.54) is 0 Å². The van der Waals surface area contributed by atoms with E-state index in [9.17, 15) is 43.9 Å². The van der Waals surface area contributed by atoms with Crippen LogP contribution in [0, 0.1) is 58.2 Å². The van der Waals surface area contributed by atoms with E-state index in [1.54, 1.807) is 0 Å². The summed E-state index contributed by atoms with van der Waals surface area (Å²) in [4.78, 5) is 0. The maximum Gasteiger partial charge on any atom is 0.225 e. The predicted octanol–water partition coefficient (Wildman–Crippen LogP) is 7.16. The van der Waals surface area contributed by atoms with Crippen molar-refractivity contribution in [1.82, 2.24) is 0 Å². The summed E-state index contributed by atoms with van der Waals surface area (Å²) in [6.45, 7) is 9.31. The Hall–Kier alpha value is -1.77. The molecule has 35 heavy (non-hydrogen) atoms. The Kier molecular flexibility index (Phi) is 8.68. The van der Waals surface area contributed by atoms with E-state index >= 15 is 0 Å². The van der Waals surface area contributed by atoms with E-state index < -0.39 is 90.1 Å². The van der Waals surface area contributed by atoms with Gasteiger partial charge >= 0.3 is 0 Å². The van der Waals surface area contributed by atoms with E-state index in [1.807, 2.05) is 41.5 Å². The molecule has 0 aliphatic carbocycles. The van der Waals surface area contributed by atoms with Crippen LogP contribution in [0.4, 0.5) is 43.9 Å². The van der Waals surface area contributed by atoms with Crippen molar-refractivity contribution in [2.45, 2.75) is 64.6 Å². The molecule has 2 rings (SSSR count). The van der Waals surface area contributed by atoms with Crippen LogP contribution in [0.15, 0.2) is 0 Å². The van der Waals surface area contributed by atoms with Gasteiger partial charge in [-0.3, -0.25) is 0 Å². The van der Waals surface area contributed by atoms with Crippen molar-refractivity contribution in [2.75, 3.05) is 6.16 Å². The number of rotatable bonds is 6. The summed E-state index contributed by atoms with van der Waals surface area (Å²) >= 11 is 0. The van der Waals surface area contributed by atoms with Crippen molar-refractivity contribution in [3.05, 3.63) is 58.2 Å². The van der Waals surface area contributed by atoms with Gasteiger partial charge < -0.3 is 0 Å². The smallest absolute Gasteiger partial charge is 0.204 e. The van der Waals surface area contributed by atoms with Crippen molar-refractivity contribution in [1.29, 1.82) is 0 Å². The van der Waals surface area contributed by atoms with Crippen LogP contribution in [0.2, 0.25) is 6.32 Å². The number of hydrogen-bond acceptors (Lipinski definition) is 0.